The summed E-state index contributed by atoms with van der Waals surface area (Å²) in [5.41, 5.74) is -1.24. The maximum Gasteiger partial charge on any atom is 0.501 e. The number of benzene rings is 4. The van der Waals surface area contributed by atoms with Crippen molar-refractivity contribution in [3.05, 3.63) is 125 Å². The van der Waals surface area contributed by atoms with Crippen LogP contribution in [0.2, 0.25) is 5.02 Å². The third-order valence-corrected chi connectivity index (χ3v) is 14.8. The number of halogens is 4. The van der Waals surface area contributed by atoms with Crippen molar-refractivity contribution >= 4 is 54.7 Å². The van der Waals surface area contributed by atoms with Gasteiger partial charge >= 0.3 is 5.51 Å². The van der Waals surface area contributed by atoms with Gasteiger partial charge in [-0.2, -0.15) is 13.2 Å². The molecule has 0 saturated carbocycles. The Bertz CT molecular complexity index is 2450. The minimum Gasteiger partial charge on any atom is -0.381 e. The fourth-order valence-corrected chi connectivity index (χ4v) is 10.5. The molecule has 0 bridgehead atoms. The van der Waals surface area contributed by atoms with Crippen LogP contribution in [-0.2, 0) is 39.4 Å². The van der Waals surface area contributed by atoms with Gasteiger partial charge in [0.1, 0.15) is 17.0 Å². The van der Waals surface area contributed by atoms with Crippen LogP contribution in [-0.4, -0.2) is 79.6 Å². The molecule has 306 valence electrons. The molecule has 1 saturated heterocycles. The van der Waals surface area contributed by atoms with Gasteiger partial charge in [-0.05, 0) is 98.4 Å². The summed E-state index contributed by atoms with van der Waals surface area (Å²) in [5, 5.41) is 3.53. The Morgan fingerprint density at radius 2 is 1.60 bits per heavy atom. The highest BCUT2D eigenvalue weighted by atomic mass is 35.5. The second-order valence-electron chi connectivity index (χ2n) is 14.4. The molecule has 58 heavy (non-hydrogen) atoms. The first-order chi connectivity index (χ1) is 27.7. The zero-order chi connectivity index (χ0) is 41.1. The van der Waals surface area contributed by atoms with Gasteiger partial charge < -0.3 is 5.32 Å². The van der Waals surface area contributed by atoms with Gasteiger partial charge in [0.2, 0.25) is 0 Å². The standard InChI is InChI=1S/C41H42ClF3N6O4S3/c1-28(26-56-33-8-3-2-4-9-33)48-37-16-15-34(23-39(37)57(52,53)41(43,44)45)58(54,55)49-40-36-19-22-51(25-38(36)46-27-47-40)32-17-20-50(21-18-32)24-30-7-5-6-10-35(30)29-11-13-31(42)14-12-29/h2-16,23,27-28,32,48H,17-22,24-26H2,1H3,(H,46,47,49). The normalized spacial score (nSPS) is 16.4. The van der Waals surface area contributed by atoms with E-state index in [9.17, 15) is 30.0 Å². The summed E-state index contributed by atoms with van der Waals surface area (Å²) >= 11 is 7.56. The van der Waals surface area contributed by atoms with Gasteiger partial charge in [0.25, 0.3) is 19.9 Å². The maximum absolute atomic E-state index is 13.9. The molecule has 0 aliphatic carbocycles. The molecule has 1 fully saturated rings. The van der Waals surface area contributed by atoms with E-state index in [2.05, 4.69) is 48.0 Å². The molecule has 0 amide bonds. The van der Waals surface area contributed by atoms with Crippen molar-refractivity contribution in [1.82, 2.24) is 19.8 Å². The molecule has 2 N–H and O–H groups in total. The second kappa shape index (κ2) is 17.6. The van der Waals surface area contributed by atoms with E-state index < -0.39 is 41.2 Å². The van der Waals surface area contributed by atoms with Crippen LogP contribution >= 0.6 is 23.4 Å². The van der Waals surface area contributed by atoms with Gasteiger partial charge in [0, 0.05) is 53.0 Å². The highest BCUT2D eigenvalue weighted by Gasteiger charge is 2.48. The number of sulfonamides is 1. The van der Waals surface area contributed by atoms with Crippen molar-refractivity contribution in [2.75, 3.05) is 35.4 Å². The zero-order valence-electron chi connectivity index (χ0n) is 31.5. The number of thioether (sulfide) groups is 1. The van der Waals surface area contributed by atoms with Gasteiger partial charge in [0.05, 0.1) is 16.3 Å². The van der Waals surface area contributed by atoms with Crippen molar-refractivity contribution in [3.8, 4) is 11.1 Å². The minimum atomic E-state index is -5.94. The van der Waals surface area contributed by atoms with Gasteiger partial charge in [-0.3, -0.25) is 14.5 Å². The average Bonchev–Trinajstić information content (AvgIpc) is 3.21. The van der Waals surface area contributed by atoms with Crippen LogP contribution in [0.1, 0.15) is 36.6 Å². The Morgan fingerprint density at radius 1 is 0.897 bits per heavy atom. The van der Waals surface area contributed by atoms with Crippen molar-refractivity contribution in [2.45, 2.75) is 71.6 Å². The molecule has 7 rings (SSSR count). The Balaban J connectivity index is 1.02. The van der Waals surface area contributed by atoms with Crippen molar-refractivity contribution < 1.29 is 30.0 Å². The first-order valence-corrected chi connectivity index (χ1v) is 23.1. The Kier molecular flexibility index (Phi) is 12.7. The summed E-state index contributed by atoms with van der Waals surface area (Å²) in [6.07, 6.45) is 3.59. The predicted molar refractivity (Wildman–Crippen MR) is 222 cm³/mol. The molecule has 0 spiro atoms. The highest BCUT2D eigenvalue weighted by Crippen LogP contribution is 2.37. The lowest BCUT2D eigenvalue weighted by Gasteiger charge is -2.40. The number of hydrogen-bond acceptors (Lipinski definition) is 10. The third kappa shape index (κ3) is 9.64. The van der Waals surface area contributed by atoms with Crippen LogP contribution in [0.4, 0.5) is 24.7 Å². The zero-order valence-corrected chi connectivity index (χ0v) is 34.7. The monoisotopic (exact) mass is 870 g/mol. The van der Waals surface area contributed by atoms with Gasteiger partial charge in [-0.15, -0.1) is 11.8 Å². The third-order valence-electron chi connectivity index (χ3n) is 10.4. The van der Waals surface area contributed by atoms with Crippen LogP contribution in [0, 0.1) is 0 Å². The number of anilines is 2. The smallest absolute Gasteiger partial charge is 0.381 e. The number of alkyl halides is 3. The van der Waals surface area contributed by atoms with Gasteiger partial charge in [-0.25, -0.2) is 26.8 Å². The predicted octanol–water partition coefficient (Wildman–Crippen LogP) is 8.51. The lowest BCUT2D eigenvalue weighted by atomic mass is 9.96. The summed E-state index contributed by atoms with van der Waals surface area (Å²) in [5.74, 6) is 0.403. The van der Waals surface area contributed by atoms with Crippen LogP contribution in [0.3, 0.4) is 0 Å². The lowest BCUT2D eigenvalue weighted by Crippen LogP contribution is -2.46. The number of rotatable bonds is 13. The van der Waals surface area contributed by atoms with E-state index in [1.165, 1.54) is 29.2 Å². The number of aromatic nitrogens is 2. The summed E-state index contributed by atoms with van der Waals surface area (Å²) in [6, 6.07) is 28.1. The second-order valence-corrected chi connectivity index (χ2v) is 19.5. The van der Waals surface area contributed by atoms with Gasteiger partial charge in [0.15, 0.2) is 0 Å². The molecule has 2 aliphatic heterocycles. The molecule has 3 heterocycles. The Hall–Kier alpha value is -4.19. The van der Waals surface area contributed by atoms with E-state index in [4.69, 9.17) is 11.6 Å². The largest absolute Gasteiger partial charge is 0.501 e. The molecular weight excluding hydrogens is 829 g/mol. The van der Waals surface area contributed by atoms with Crippen molar-refractivity contribution in [1.29, 1.82) is 0 Å². The summed E-state index contributed by atoms with van der Waals surface area (Å²) < 4.78 is 97.1. The maximum atomic E-state index is 13.9. The molecule has 0 radical (unpaired) electrons. The number of nitrogens with zero attached hydrogens (tertiary/aromatic N) is 4. The first-order valence-electron chi connectivity index (χ1n) is 18.7. The van der Waals surface area contributed by atoms with E-state index >= 15 is 0 Å². The molecule has 2 aliphatic rings. The summed E-state index contributed by atoms with van der Waals surface area (Å²) in [4.78, 5) is 12.6. The SMILES string of the molecule is CC(CSc1ccccc1)Nc1ccc(S(=O)(=O)Nc2ncnc3c2CCN(C2CCN(Cc4ccccc4-c4ccc(Cl)cc4)CC2)C3)cc1S(=O)(=O)C(F)(F)F. The fourth-order valence-electron chi connectivity index (χ4n) is 7.39. The Morgan fingerprint density at radius 3 is 2.33 bits per heavy atom. The topological polar surface area (TPSA) is 125 Å². The van der Waals surface area contributed by atoms with Crippen molar-refractivity contribution in [3.63, 3.8) is 0 Å². The molecule has 1 atom stereocenters. The van der Waals surface area contributed by atoms with E-state index in [-0.39, 0.29) is 11.5 Å². The van der Waals surface area contributed by atoms with Crippen molar-refractivity contribution in [2.24, 2.45) is 0 Å². The number of likely N-dealkylation sites (tertiary alicyclic amines) is 1. The summed E-state index contributed by atoms with van der Waals surface area (Å²) in [6.45, 7) is 5.44. The molecule has 17 heteroatoms. The Labute approximate surface area is 346 Å². The quantitative estimate of drug-likeness (QED) is 0.111. The highest BCUT2D eigenvalue weighted by molar-refractivity contribution is 7.99. The van der Waals surface area contributed by atoms with E-state index in [0.717, 1.165) is 55.1 Å². The van der Waals surface area contributed by atoms with Crippen LogP contribution in [0.5, 0.6) is 0 Å². The average molecular weight is 871 g/mol. The van der Waals surface area contributed by atoms with Crippen LogP contribution < -0.4 is 10.0 Å². The molecule has 1 unspecified atom stereocenters. The minimum absolute atomic E-state index is 0.00723. The van der Waals surface area contributed by atoms with Gasteiger partial charge in [-0.1, -0.05) is 66.2 Å². The molecule has 10 nitrogen and oxygen atoms in total. The molecule has 5 aromatic rings. The van der Waals surface area contributed by atoms with E-state index in [0.29, 0.717) is 53.7 Å². The number of sulfone groups is 1. The molecular formula is C41H42ClF3N6O4S3. The summed E-state index contributed by atoms with van der Waals surface area (Å²) in [7, 11) is -10.5. The lowest BCUT2D eigenvalue weighted by molar-refractivity contribution is -0.0435. The number of piperidine rings is 1. The first kappa shape index (κ1) is 42.0. The fraction of sp³-hybridized carbons (Fsp3) is 0.317. The number of fused-ring (bicyclic) bond motifs is 1. The number of hydrogen-bond donors (Lipinski definition) is 2. The van der Waals surface area contributed by atoms with Crippen LogP contribution in [0.25, 0.3) is 11.1 Å². The van der Waals surface area contributed by atoms with E-state index in [1.54, 1.807) is 6.92 Å². The van der Waals surface area contributed by atoms with Crippen LogP contribution in [0.15, 0.2) is 118 Å². The number of nitrogens with one attached hydrogen (secondary N) is 2. The van der Waals surface area contributed by atoms with E-state index in [1.807, 2.05) is 60.7 Å². The molecule has 1 aromatic heterocycles. The molecule has 4 aromatic carbocycles.